The van der Waals surface area contributed by atoms with Gasteiger partial charge in [0.2, 0.25) is 0 Å². The zero-order valence-corrected chi connectivity index (χ0v) is 14.9. The minimum atomic E-state index is -0.0391. The first-order chi connectivity index (χ1) is 11.7. The molecule has 1 aliphatic rings. The van der Waals surface area contributed by atoms with E-state index in [-0.39, 0.29) is 5.91 Å². The summed E-state index contributed by atoms with van der Waals surface area (Å²) in [6.07, 6.45) is 1.88. The van der Waals surface area contributed by atoms with Crippen LogP contribution in [0.5, 0.6) is 5.75 Å². The molecule has 5 heteroatoms. The Balaban J connectivity index is 1.75. The minimum Gasteiger partial charge on any atom is -0.494 e. The van der Waals surface area contributed by atoms with Crippen LogP contribution >= 0.6 is 24.0 Å². The summed E-state index contributed by atoms with van der Waals surface area (Å²) in [6, 6.07) is 17.6. The molecule has 2 aromatic rings. The molecule has 24 heavy (non-hydrogen) atoms. The Hall–Kier alpha value is -2.11. The highest BCUT2D eigenvalue weighted by Gasteiger charge is 2.31. The first-order valence-electron chi connectivity index (χ1n) is 7.69. The lowest BCUT2D eigenvalue weighted by molar-refractivity contribution is -0.122. The van der Waals surface area contributed by atoms with Crippen molar-refractivity contribution >= 4 is 40.3 Å². The first-order valence-corrected chi connectivity index (χ1v) is 8.92. The number of amides is 1. The molecule has 0 saturated carbocycles. The molecule has 0 aliphatic carbocycles. The van der Waals surface area contributed by atoms with Gasteiger partial charge < -0.3 is 4.74 Å². The number of carbonyl (C=O) groups is 1. The molecule has 0 bridgehead atoms. The standard InChI is InChI=1S/C19H17NO2S2/c1-2-22-16-10-8-14(9-11-16)12-17-18(21)20(19(23)24-17)13-15-6-4-3-5-7-15/h3-12H,2,13H2,1H3/b17-12-. The molecule has 0 atom stereocenters. The second-order valence-corrected chi connectivity index (χ2v) is 6.93. The number of carbonyl (C=O) groups excluding carboxylic acids is 1. The van der Waals surface area contributed by atoms with Crippen LogP contribution in [0, 0.1) is 0 Å². The molecule has 1 saturated heterocycles. The molecular weight excluding hydrogens is 338 g/mol. The van der Waals surface area contributed by atoms with Crippen molar-refractivity contribution in [1.82, 2.24) is 4.90 Å². The fourth-order valence-electron chi connectivity index (χ4n) is 2.38. The summed E-state index contributed by atoms with van der Waals surface area (Å²) in [5.74, 6) is 0.786. The van der Waals surface area contributed by atoms with Gasteiger partial charge in [0.15, 0.2) is 0 Å². The maximum atomic E-state index is 12.6. The molecule has 0 unspecified atom stereocenters. The molecule has 1 fully saturated rings. The second kappa shape index (κ2) is 7.64. The molecule has 0 spiro atoms. The van der Waals surface area contributed by atoms with E-state index in [9.17, 15) is 4.79 Å². The molecule has 122 valence electrons. The monoisotopic (exact) mass is 355 g/mol. The van der Waals surface area contributed by atoms with Crippen molar-refractivity contribution in [2.24, 2.45) is 0 Å². The second-order valence-electron chi connectivity index (χ2n) is 5.26. The topological polar surface area (TPSA) is 29.5 Å². The SMILES string of the molecule is CCOc1ccc(/C=C2\SC(=S)N(Cc3ccccc3)C2=O)cc1. The first kappa shape index (κ1) is 16.7. The molecule has 0 aromatic heterocycles. The van der Waals surface area contributed by atoms with E-state index in [0.717, 1.165) is 16.9 Å². The smallest absolute Gasteiger partial charge is 0.266 e. The third-order valence-electron chi connectivity index (χ3n) is 3.55. The summed E-state index contributed by atoms with van der Waals surface area (Å²) in [5.41, 5.74) is 2.02. The van der Waals surface area contributed by atoms with Crippen LogP contribution in [0.4, 0.5) is 0 Å². The maximum Gasteiger partial charge on any atom is 0.266 e. The fourth-order valence-corrected chi connectivity index (χ4v) is 3.64. The van der Waals surface area contributed by atoms with Crippen LogP contribution in [0.25, 0.3) is 6.08 Å². The van der Waals surface area contributed by atoms with E-state index < -0.39 is 0 Å². The summed E-state index contributed by atoms with van der Waals surface area (Å²) in [7, 11) is 0. The molecule has 1 aliphatic heterocycles. The van der Waals surface area contributed by atoms with E-state index in [1.807, 2.05) is 67.6 Å². The van der Waals surface area contributed by atoms with Crippen LogP contribution < -0.4 is 4.74 Å². The Morgan fingerprint density at radius 3 is 2.50 bits per heavy atom. The van der Waals surface area contributed by atoms with Crippen LogP contribution in [-0.4, -0.2) is 21.7 Å². The Morgan fingerprint density at radius 1 is 1.12 bits per heavy atom. The van der Waals surface area contributed by atoms with E-state index in [2.05, 4.69) is 0 Å². The normalized spacial score (nSPS) is 16.0. The molecule has 3 nitrogen and oxygen atoms in total. The molecule has 3 rings (SSSR count). The van der Waals surface area contributed by atoms with Gasteiger partial charge in [-0.25, -0.2) is 0 Å². The maximum absolute atomic E-state index is 12.6. The average Bonchev–Trinajstić information content (AvgIpc) is 2.85. The molecule has 1 heterocycles. The summed E-state index contributed by atoms with van der Waals surface area (Å²) < 4.78 is 6.03. The summed E-state index contributed by atoms with van der Waals surface area (Å²) in [6.45, 7) is 3.09. The molecular formula is C19H17NO2S2. The number of hydrogen-bond donors (Lipinski definition) is 0. The zero-order chi connectivity index (χ0) is 16.9. The predicted molar refractivity (Wildman–Crippen MR) is 103 cm³/mol. The fraction of sp³-hybridized carbons (Fsp3) is 0.158. The highest BCUT2D eigenvalue weighted by molar-refractivity contribution is 8.26. The van der Waals surface area contributed by atoms with Gasteiger partial charge in [0.1, 0.15) is 10.1 Å². The number of benzene rings is 2. The van der Waals surface area contributed by atoms with E-state index in [4.69, 9.17) is 17.0 Å². The van der Waals surface area contributed by atoms with Crippen molar-refractivity contribution < 1.29 is 9.53 Å². The minimum absolute atomic E-state index is 0.0391. The van der Waals surface area contributed by atoms with Gasteiger partial charge in [-0.3, -0.25) is 9.69 Å². The zero-order valence-electron chi connectivity index (χ0n) is 13.3. The number of thioether (sulfide) groups is 1. The quantitative estimate of drug-likeness (QED) is 0.584. The molecule has 0 N–H and O–H groups in total. The van der Waals surface area contributed by atoms with Gasteiger partial charge in [-0.15, -0.1) is 0 Å². The highest BCUT2D eigenvalue weighted by Crippen LogP contribution is 2.33. The van der Waals surface area contributed by atoms with Gasteiger partial charge >= 0.3 is 0 Å². The lowest BCUT2D eigenvalue weighted by atomic mass is 10.2. The van der Waals surface area contributed by atoms with Crippen molar-refractivity contribution in [2.45, 2.75) is 13.5 Å². The van der Waals surface area contributed by atoms with E-state index in [1.165, 1.54) is 11.8 Å². The van der Waals surface area contributed by atoms with Crippen LogP contribution in [0.15, 0.2) is 59.5 Å². The lowest BCUT2D eigenvalue weighted by Crippen LogP contribution is -2.27. The van der Waals surface area contributed by atoms with Crippen molar-refractivity contribution in [3.05, 3.63) is 70.6 Å². The Bertz CT molecular complexity index is 770. The molecule has 2 aromatic carbocycles. The number of nitrogens with zero attached hydrogens (tertiary/aromatic N) is 1. The lowest BCUT2D eigenvalue weighted by Gasteiger charge is -2.14. The van der Waals surface area contributed by atoms with Crippen molar-refractivity contribution in [1.29, 1.82) is 0 Å². The van der Waals surface area contributed by atoms with Gasteiger partial charge in [0.25, 0.3) is 5.91 Å². The van der Waals surface area contributed by atoms with Crippen molar-refractivity contribution in [2.75, 3.05) is 6.61 Å². The molecule has 1 amide bonds. The van der Waals surface area contributed by atoms with E-state index in [1.54, 1.807) is 4.90 Å². The number of rotatable bonds is 5. The summed E-state index contributed by atoms with van der Waals surface area (Å²) in [5, 5.41) is 0. The number of ether oxygens (including phenoxy) is 1. The van der Waals surface area contributed by atoms with E-state index in [0.29, 0.717) is 22.4 Å². The van der Waals surface area contributed by atoms with Gasteiger partial charge in [0.05, 0.1) is 18.1 Å². The third kappa shape index (κ3) is 3.86. The van der Waals surface area contributed by atoms with E-state index >= 15 is 0 Å². The number of hydrogen-bond acceptors (Lipinski definition) is 4. The summed E-state index contributed by atoms with van der Waals surface area (Å²) >= 11 is 6.72. The molecule has 0 radical (unpaired) electrons. The van der Waals surface area contributed by atoms with Gasteiger partial charge in [-0.05, 0) is 36.3 Å². The predicted octanol–water partition coefficient (Wildman–Crippen LogP) is 4.49. The van der Waals surface area contributed by atoms with Crippen molar-refractivity contribution in [3.63, 3.8) is 0 Å². The van der Waals surface area contributed by atoms with Crippen LogP contribution in [-0.2, 0) is 11.3 Å². The Labute approximate surface area is 151 Å². The number of thiocarbonyl (C=S) groups is 1. The Kier molecular flexibility index (Phi) is 5.33. The third-order valence-corrected chi connectivity index (χ3v) is 4.92. The average molecular weight is 355 g/mol. The highest BCUT2D eigenvalue weighted by atomic mass is 32.2. The van der Waals surface area contributed by atoms with Crippen LogP contribution in [0.2, 0.25) is 0 Å². The van der Waals surface area contributed by atoms with Gasteiger partial charge in [0, 0.05) is 0 Å². The Morgan fingerprint density at radius 2 is 1.83 bits per heavy atom. The van der Waals surface area contributed by atoms with Gasteiger partial charge in [-0.1, -0.05) is 66.4 Å². The largest absolute Gasteiger partial charge is 0.494 e. The van der Waals surface area contributed by atoms with Crippen LogP contribution in [0.3, 0.4) is 0 Å². The summed E-state index contributed by atoms with van der Waals surface area (Å²) in [4.78, 5) is 14.9. The van der Waals surface area contributed by atoms with Gasteiger partial charge in [-0.2, -0.15) is 0 Å². The van der Waals surface area contributed by atoms with Crippen molar-refractivity contribution in [3.8, 4) is 5.75 Å². The van der Waals surface area contributed by atoms with Crippen LogP contribution in [0.1, 0.15) is 18.1 Å².